The number of benzene rings is 2. The predicted octanol–water partition coefficient (Wildman–Crippen LogP) is 5.24. The number of nitrogens with zero attached hydrogens (tertiary/aromatic N) is 1. The van der Waals surface area contributed by atoms with Crippen LogP contribution < -0.4 is 9.64 Å². The summed E-state index contributed by atoms with van der Waals surface area (Å²) >= 11 is 12.7. The summed E-state index contributed by atoms with van der Waals surface area (Å²) in [6, 6.07) is 11.6. The van der Waals surface area contributed by atoms with Crippen LogP contribution in [0.3, 0.4) is 0 Å². The van der Waals surface area contributed by atoms with Crippen molar-refractivity contribution in [3.8, 4) is 5.75 Å². The van der Waals surface area contributed by atoms with Crippen LogP contribution in [0, 0.1) is 0 Å². The second kappa shape index (κ2) is 6.89. The van der Waals surface area contributed by atoms with Crippen molar-refractivity contribution in [2.45, 2.75) is 0 Å². The number of hydrogen-bond acceptors (Lipinski definition) is 4. The number of hydrogen-bond donors (Lipinski definition) is 0. The molecule has 1 aliphatic rings. The molecule has 0 saturated carbocycles. The van der Waals surface area contributed by atoms with Gasteiger partial charge in [-0.15, -0.1) is 0 Å². The number of halogens is 2. The highest BCUT2D eigenvalue weighted by molar-refractivity contribution is 8.19. The number of imide groups is 1. The third-order valence-corrected chi connectivity index (χ3v) is 4.71. The van der Waals surface area contributed by atoms with Crippen LogP contribution in [0.25, 0.3) is 6.08 Å². The Morgan fingerprint density at radius 2 is 1.71 bits per heavy atom. The second-order valence-electron chi connectivity index (χ2n) is 4.88. The van der Waals surface area contributed by atoms with Gasteiger partial charge in [0.1, 0.15) is 5.75 Å². The second-order valence-corrected chi connectivity index (χ2v) is 6.75. The molecule has 2 amide bonds. The summed E-state index contributed by atoms with van der Waals surface area (Å²) in [5.41, 5.74) is 1.11. The molecule has 1 aliphatic heterocycles. The van der Waals surface area contributed by atoms with Crippen molar-refractivity contribution in [3.05, 3.63) is 63.0 Å². The van der Waals surface area contributed by atoms with Gasteiger partial charge in [0.15, 0.2) is 0 Å². The Labute approximate surface area is 153 Å². The van der Waals surface area contributed by atoms with E-state index in [2.05, 4.69) is 0 Å². The smallest absolute Gasteiger partial charge is 0.298 e. The van der Waals surface area contributed by atoms with Crippen molar-refractivity contribution >= 4 is 57.9 Å². The van der Waals surface area contributed by atoms with E-state index in [0.29, 0.717) is 32.0 Å². The lowest BCUT2D eigenvalue weighted by atomic mass is 10.2. The Balaban J connectivity index is 1.97. The van der Waals surface area contributed by atoms with Gasteiger partial charge in [-0.2, -0.15) is 0 Å². The zero-order valence-corrected chi connectivity index (χ0v) is 14.8. The first-order chi connectivity index (χ1) is 11.5. The maximum Gasteiger partial charge on any atom is 0.298 e. The number of thioether (sulfide) groups is 1. The molecule has 24 heavy (non-hydrogen) atoms. The van der Waals surface area contributed by atoms with E-state index >= 15 is 0 Å². The molecule has 0 atom stereocenters. The molecule has 0 radical (unpaired) electrons. The molecule has 0 N–H and O–H groups in total. The molecule has 0 spiro atoms. The molecule has 7 heteroatoms. The molecule has 2 aromatic carbocycles. The monoisotopic (exact) mass is 379 g/mol. The minimum Gasteiger partial charge on any atom is -0.496 e. The summed E-state index contributed by atoms with van der Waals surface area (Å²) in [7, 11) is 1.53. The summed E-state index contributed by atoms with van der Waals surface area (Å²) in [4.78, 5) is 26.2. The van der Waals surface area contributed by atoms with Gasteiger partial charge in [0, 0.05) is 15.6 Å². The van der Waals surface area contributed by atoms with Crippen molar-refractivity contribution in [2.24, 2.45) is 0 Å². The van der Waals surface area contributed by atoms with E-state index in [1.165, 1.54) is 7.11 Å². The number of carbonyl (C=O) groups excluding carboxylic acids is 2. The largest absolute Gasteiger partial charge is 0.496 e. The van der Waals surface area contributed by atoms with Crippen molar-refractivity contribution in [2.75, 3.05) is 12.0 Å². The molecule has 3 rings (SSSR count). The maximum atomic E-state index is 12.6. The van der Waals surface area contributed by atoms with E-state index < -0.39 is 5.91 Å². The topological polar surface area (TPSA) is 46.6 Å². The van der Waals surface area contributed by atoms with Crippen molar-refractivity contribution in [1.82, 2.24) is 0 Å². The van der Waals surface area contributed by atoms with Gasteiger partial charge in [0.2, 0.25) is 0 Å². The van der Waals surface area contributed by atoms with Crippen LogP contribution in [0.5, 0.6) is 5.75 Å². The van der Waals surface area contributed by atoms with Crippen LogP contribution in [-0.2, 0) is 4.79 Å². The summed E-state index contributed by atoms with van der Waals surface area (Å²) in [5, 5.41) is 0.679. The molecule has 0 unspecified atom stereocenters. The highest BCUT2D eigenvalue weighted by Crippen LogP contribution is 2.37. The molecule has 0 bridgehead atoms. The number of methoxy groups -OCH3 is 1. The first-order valence-corrected chi connectivity index (χ1v) is 8.44. The fraction of sp³-hybridized carbons (Fsp3) is 0.0588. The van der Waals surface area contributed by atoms with Crippen LogP contribution in [0.15, 0.2) is 47.4 Å². The normalized spacial score (nSPS) is 16.1. The third-order valence-electron chi connectivity index (χ3n) is 3.36. The van der Waals surface area contributed by atoms with Gasteiger partial charge in [-0.3, -0.25) is 9.59 Å². The van der Waals surface area contributed by atoms with Gasteiger partial charge >= 0.3 is 0 Å². The Bertz CT molecular complexity index is 849. The third kappa shape index (κ3) is 3.29. The lowest BCUT2D eigenvalue weighted by Crippen LogP contribution is -2.27. The highest BCUT2D eigenvalue weighted by atomic mass is 35.5. The molecule has 1 heterocycles. The van der Waals surface area contributed by atoms with Gasteiger partial charge < -0.3 is 4.74 Å². The Hall–Kier alpha value is -1.95. The van der Waals surface area contributed by atoms with Gasteiger partial charge in [-0.05, 0) is 60.3 Å². The maximum absolute atomic E-state index is 12.6. The number of carbonyl (C=O) groups is 2. The zero-order valence-electron chi connectivity index (χ0n) is 12.5. The van der Waals surface area contributed by atoms with Gasteiger partial charge in [-0.25, -0.2) is 4.90 Å². The quantitative estimate of drug-likeness (QED) is 0.683. The average Bonchev–Trinajstić information content (AvgIpc) is 2.83. The van der Waals surface area contributed by atoms with Crippen molar-refractivity contribution in [3.63, 3.8) is 0 Å². The molecule has 4 nitrogen and oxygen atoms in total. The summed E-state index contributed by atoms with van der Waals surface area (Å²) < 4.78 is 5.26. The Morgan fingerprint density at radius 3 is 2.38 bits per heavy atom. The fourth-order valence-electron chi connectivity index (χ4n) is 2.24. The van der Waals surface area contributed by atoms with E-state index in [4.69, 9.17) is 27.9 Å². The molecular formula is C17H11Cl2NO3S. The average molecular weight is 380 g/mol. The van der Waals surface area contributed by atoms with Crippen LogP contribution >= 0.6 is 35.0 Å². The van der Waals surface area contributed by atoms with Crippen LogP contribution in [0.2, 0.25) is 10.0 Å². The number of anilines is 1. The SMILES string of the molecule is COc1ccc(Cl)cc1/C=C1/SC(=O)N(c2ccc(Cl)cc2)C1=O. The molecule has 2 aromatic rings. The number of rotatable bonds is 3. The molecule has 1 saturated heterocycles. The lowest BCUT2D eigenvalue weighted by Gasteiger charge is -2.12. The van der Waals surface area contributed by atoms with E-state index in [-0.39, 0.29) is 5.24 Å². The van der Waals surface area contributed by atoms with E-state index in [0.717, 1.165) is 16.7 Å². The minimum atomic E-state index is -0.394. The molecule has 0 aromatic heterocycles. The Kier molecular flexibility index (Phi) is 4.85. The molecule has 122 valence electrons. The van der Waals surface area contributed by atoms with Crippen LogP contribution in [0.4, 0.5) is 10.5 Å². The van der Waals surface area contributed by atoms with Gasteiger partial charge in [0.25, 0.3) is 11.1 Å². The Morgan fingerprint density at radius 1 is 1.04 bits per heavy atom. The fourth-order valence-corrected chi connectivity index (χ4v) is 3.38. The molecule has 1 fully saturated rings. The van der Waals surface area contributed by atoms with Crippen LogP contribution in [0.1, 0.15) is 5.56 Å². The van der Waals surface area contributed by atoms with E-state index in [1.54, 1.807) is 48.5 Å². The highest BCUT2D eigenvalue weighted by Gasteiger charge is 2.36. The van der Waals surface area contributed by atoms with E-state index in [1.807, 2.05) is 0 Å². The molecular weight excluding hydrogens is 369 g/mol. The number of ether oxygens (including phenoxy) is 1. The summed E-state index contributed by atoms with van der Waals surface area (Å²) in [6.07, 6.45) is 1.60. The van der Waals surface area contributed by atoms with Crippen LogP contribution in [-0.4, -0.2) is 18.3 Å². The van der Waals surface area contributed by atoms with Crippen molar-refractivity contribution in [1.29, 1.82) is 0 Å². The summed E-state index contributed by atoms with van der Waals surface area (Å²) in [6.45, 7) is 0. The number of amides is 2. The van der Waals surface area contributed by atoms with Gasteiger partial charge in [-0.1, -0.05) is 23.2 Å². The first-order valence-electron chi connectivity index (χ1n) is 6.86. The van der Waals surface area contributed by atoms with Crippen molar-refractivity contribution < 1.29 is 14.3 Å². The first kappa shape index (κ1) is 16.9. The lowest BCUT2D eigenvalue weighted by molar-refractivity contribution is -0.113. The standard InChI is InChI=1S/C17H11Cl2NO3S/c1-23-14-7-4-12(19)8-10(14)9-15-16(21)20(17(22)24-15)13-5-2-11(18)3-6-13/h2-9H,1H3/b15-9+. The van der Waals surface area contributed by atoms with E-state index in [9.17, 15) is 9.59 Å². The predicted molar refractivity (Wildman–Crippen MR) is 97.9 cm³/mol. The molecule has 0 aliphatic carbocycles. The minimum absolute atomic E-state index is 0.301. The summed E-state index contributed by atoms with van der Waals surface area (Å²) in [5.74, 6) is 0.173. The van der Waals surface area contributed by atoms with Gasteiger partial charge in [0.05, 0.1) is 17.7 Å². The zero-order chi connectivity index (χ0) is 17.3.